The molecule has 1 rings (SSSR count). The fourth-order valence-corrected chi connectivity index (χ4v) is 0.869. The van der Waals surface area contributed by atoms with Crippen LogP contribution in [-0.2, 0) is 0 Å². The lowest BCUT2D eigenvalue weighted by molar-refractivity contribution is 0.386. The van der Waals surface area contributed by atoms with Crippen molar-refractivity contribution in [1.29, 1.82) is 0 Å². The Morgan fingerprint density at radius 2 is 2.33 bits per heavy atom. The smallest absolute Gasteiger partial charge is 0.0589 e. The molecule has 2 nitrogen and oxygen atoms in total. The molecule has 0 aromatic heterocycles. The number of allylic oxidation sites excluding steroid dienone is 2. The molecule has 0 saturated heterocycles. The van der Waals surface area contributed by atoms with E-state index >= 15 is 0 Å². The summed E-state index contributed by atoms with van der Waals surface area (Å²) in [6.45, 7) is 0.692. The summed E-state index contributed by atoms with van der Waals surface area (Å²) in [4.78, 5) is 2.10. The highest BCUT2D eigenvalue weighted by molar-refractivity contribution is 5.12. The molecule has 1 unspecified atom stereocenters. The van der Waals surface area contributed by atoms with Crippen molar-refractivity contribution in [2.45, 2.75) is 6.04 Å². The van der Waals surface area contributed by atoms with E-state index in [0.29, 0.717) is 12.6 Å². The summed E-state index contributed by atoms with van der Waals surface area (Å²) in [5.41, 5.74) is 5.47. The molecule has 1 aliphatic heterocycles. The van der Waals surface area contributed by atoms with E-state index in [1.807, 2.05) is 25.4 Å². The van der Waals surface area contributed by atoms with Gasteiger partial charge in [-0.15, -0.1) is 0 Å². The van der Waals surface area contributed by atoms with E-state index < -0.39 is 0 Å². The van der Waals surface area contributed by atoms with E-state index in [4.69, 9.17) is 5.73 Å². The first-order chi connectivity index (χ1) is 4.34. The van der Waals surface area contributed by atoms with E-state index in [2.05, 4.69) is 11.0 Å². The van der Waals surface area contributed by atoms with Gasteiger partial charge in [0.05, 0.1) is 6.04 Å². The fraction of sp³-hybridized carbons (Fsp3) is 0.429. The van der Waals surface area contributed by atoms with E-state index in [9.17, 15) is 0 Å². The molecule has 2 N–H and O–H groups in total. The first-order valence-corrected chi connectivity index (χ1v) is 3.11. The van der Waals surface area contributed by atoms with Gasteiger partial charge in [-0.05, 0) is 12.3 Å². The maximum absolute atomic E-state index is 5.47. The van der Waals surface area contributed by atoms with Crippen LogP contribution in [0.1, 0.15) is 0 Å². The molecule has 50 valence electrons. The molecule has 2 heteroatoms. The predicted molar refractivity (Wildman–Crippen MR) is 38.9 cm³/mol. The summed E-state index contributed by atoms with van der Waals surface area (Å²) >= 11 is 0. The number of hydrogen-bond donors (Lipinski definition) is 1. The minimum absolute atomic E-state index is 0.398. The molecule has 1 atom stereocenters. The highest BCUT2D eigenvalue weighted by atomic mass is 15.1. The van der Waals surface area contributed by atoms with Crippen molar-refractivity contribution in [1.82, 2.24) is 4.90 Å². The van der Waals surface area contributed by atoms with Crippen LogP contribution in [0.15, 0.2) is 24.4 Å². The molecule has 0 saturated carbocycles. The van der Waals surface area contributed by atoms with Gasteiger partial charge in [-0.1, -0.05) is 12.2 Å². The van der Waals surface area contributed by atoms with Crippen LogP contribution in [0.25, 0.3) is 0 Å². The Morgan fingerprint density at radius 3 is 2.78 bits per heavy atom. The van der Waals surface area contributed by atoms with E-state index in [1.54, 1.807) is 0 Å². The van der Waals surface area contributed by atoms with Crippen molar-refractivity contribution in [3.8, 4) is 0 Å². The molecule has 0 amide bonds. The molecular formula is C7H12N2. The lowest BCUT2D eigenvalue weighted by Crippen LogP contribution is -2.33. The quantitative estimate of drug-likeness (QED) is 0.545. The molecule has 0 aromatic rings. The summed E-state index contributed by atoms with van der Waals surface area (Å²) in [5, 5.41) is 0. The normalized spacial score (nSPS) is 25.1. The van der Waals surface area contributed by atoms with Gasteiger partial charge in [0.2, 0.25) is 0 Å². The molecule has 9 heavy (non-hydrogen) atoms. The van der Waals surface area contributed by atoms with Gasteiger partial charge >= 0.3 is 0 Å². The van der Waals surface area contributed by atoms with Crippen LogP contribution >= 0.6 is 0 Å². The fourth-order valence-electron chi connectivity index (χ4n) is 0.869. The van der Waals surface area contributed by atoms with E-state index in [0.717, 1.165) is 0 Å². The van der Waals surface area contributed by atoms with Gasteiger partial charge in [-0.2, -0.15) is 0 Å². The molecule has 1 heterocycles. The van der Waals surface area contributed by atoms with Gasteiger partial charge in [0.25, 0.3) is 0 Å². The van der Waals surface area contributed by atoms with Crippen LogP contribution in [0.2, 0.25) is 0 Å². The number of hydrogen-bond acceptors (Lipinski definition) is 2. The van der Waals surface area contributed by atoms with Gasteiger partial charge in [-0.25, -0.2) is 0 Å². The molecule has 0 fully saturated rings. The standard InChI is InChI=1S/C7H12N2/c1-9-5-3-2-4-7(9)6-8/h2-5,7H,6,8H2,1H3. The summed E-state index contributed by atoms with van der Waals surface area (Å²) < 4.78 is 0. The Labute approximate surface area is 55.6 Å². The third-order valence-electron chi connectivity index (χ3n) is 1.53. The van der Waals surface area contributed by atoms with Gasteiger partial charge in [0.1, 0.15) is 0 Å². The first kappa shape index (κ1) is 6.36. The van der Waals surface area contributed by atoms with E-state index in [1.165, 1.54) is 0 Å². The zero-order chi connectivity index (χ0) is 6.69. The van der Waals surface area contributed by atoms with Crippen molar-refractivity contribution < 1.29 is 0 Å². The number of likely N-dealkylation sites (N-methyl/N-ethyl adjacent to an activating group) is 1. The average molecular weight is 124 g/mol. The zero-order valence-electron chi connectivity index (χ0n) is 5.62. The number of rotatable bonds is 1. The molecule has 0 spiro atoms. The summed E-state index contributed by atoms with van der Waals surface area (Å²) in [5.74, 6) is 0. The lowest BCUT2D eigenvalue weighted by Gasteiger charge is -2.24. The topological polar surface area (TPSA) is 29.3 Å². The maximum Gasteiger partial charge on any atom is 0.0589 e. The summed E-state index contributed by atoms with van der Waals surface area (Å²) in [6.07, 6.45) is 8.15. The molecular weight excluding hydrogens is 112 g/mol. The van der Waals surface area contributed by atoms with Crippen LogP contribution in [-0.4, -0.2) is 24.5 Å². The lowest BCUT2D eigenvalue weighted by atomic mass is 10.2. The largest absolute Gasteiger partial charge is 0.373 e. The highest BCUT2D eigenvalue weighted by Crippen LogP contribution is 2.02. The van der Waals surface area contributed by atoms with Gasteiger partial charge in [-0.3, -0.25) is 0 Å². The third-order valence-corrected chi connectivity index (χ3v) is 1.53. The van der Waals surface area contributed by atoms with Crippen LogP contribution in [0.5, 0.6) is 0 Å². The van der Waals surface area contributed by atoms with Crippen molar-refractivity contribution in [2.75, 3.05) is 13.6 Å². The predicted octanol–water partition coefficient (Wildman–Crippen LogP) is 0.329. The minimum Gasteiger partial charge on any atom is -0.373 e. The zero-order valence-corrected chi connectivity index (χ0v) is 5.62. The van der Waals surface area contributed by atoms with Crippen molar-refractivity contribution in [3.63, 3.8) is 0 Å². The molecule has 0 radical (unpaired) electrons. The Hall–Kier alpha value is -0.760. The van der Waals surface area contributed by atoms with Crippen LogP contribution in [0.4, 0.5) is 0 Å². The Bertz CT molecular complexity index is 138. The third kappa shape index (κ3) is 1.33. The maximum atomic E-state index is 5.47. The second-order valence-electron chi connectivity index (χ2n) is 2.19. The highest BCUT2D eigenvalue weighted by Gasteiger charge is 2.05. The van der Waals surface area contributed by atoms with Crippen molar-refractivity contribution in [2.24, 2.45) is 5.73 Å². The van der Waals surface area contributed by atoms with Crippen LogP contribution in [0.3, 0.4) is 0 Å². The van der Waals surface area contributed by atoms with Gasteiger partial charge < -0.3 is 10.6 Å². The van der Waals surface area contributed by atoms with Gasteiger partial charge in [0.15, 0.2) is 0 Å². The Morgan fingerprint density at radius 1 is 1.56 bits per heavy atom. The monoisotopic (exact) mass is 124 g/mol. The molecule has 0 aliphatic carbocycles. The molecule has 0 bridgehead atoms. The second kappa shape index (κ2) is 2.69. The number of nitrogens with zero attached hydrogens (tertiary/aromatic N) is 1. The number of nitrogens with two attached hydrogens (primary N) is 1. The molecule has 0 aromatic carbocycles. The first-order valence-electron chi connectivity index (χ1n) is 3.11. The Kier molecular flexibility index (Phi) is 1.90. The van der Waals surface area contributed by atoms with Crippen molar-refractivity contribution >= 4 is 0 Å². The minimum atomic E-state index is 0.398. The van der Waals surface area contributed by atoms with E-state index in [-0.39, 0.29) is 0 Å². The SMILES string of the molecule is CN1C=CC=CC1CN. The van der Waals surface area contributed by atoms with Crippen LogP contribution < -0.4 is 5.73 Å². The average Bonchev–Trinajstić information content (AvgIpc) is 1.89. The van der Waals surface area contributed by atoms with Gasteiger partial charge in [0, 0.05) is 13.6 Å². The summed E-state index contributed by atoms with van der Waals surface area (Å²) in [6, 6.07) is 0.398. The second-order valence-corrected chi connectivity index (χ2v) is 2.19. The van der Waals surface area contributed by atoms with Crippen molar-refractivity contribution in [3.05, 3.63) is 24.4 Å². The Balaban J connectivity index is 2.55. The molecule has 1 aliphatic rings. The summed E-state index contributed by atoms with van der Waals surface area (Å²) in [7, 11) is 2.03. The van der Waals surface area contributed by atoms with Crippen LogP contribution in [0, 0.1) is 0 Å².